The average molecular weight is 244 g/mol. The number of hydrogen-bond acceptors (Lipinski definition) is 4. The largest absolute Gasteiger partial charge is 0.423 e. The van der Waals surface area contributed by atoms with Crippen LogP contribution in [0.1, 0.15) is 25.7 Å². The molecule has 1 saturated carbocycles. The van der Waals surface area contributed by atoms with E-state index in [0.29, 0.717) is 30.7 Å². The van der Waals surface area contributed by atoms with Crippen LogP contribution in [0.15, 0.2) is 28.7 Å². The van der Waals surface area contributed by atoms with E-state index in [1.165, 1.54) is 0 Å². The highest BCUT2D eigenvalue weighted by Crippen LogP contribution is 2.26. The number of aromatic nitrogens is 1. The van der Waals surface area contributed by atoms with E-state index in [2.05, 4.69) is 9.88 Å². The van der Waals surface area contributed by atoms with Crippen molar-refractivity contribution in [1.29, 1.82) is 0 Å². The minimum atomic E-state index is 0.357. The van der Waals surface area contributed by atoms with Crippen LogP contribution in [0.25, 0.3) is 11.1 Å². The van der Waals surface area contributed by atoms with Crippen molar-refractivity contribution in [2.45, 2.75) is 31.7 Å². The summed E-state index contributed by atoms with van der Waals surface area (Å²) in [7, 11) is 1.99. The standard InChI is InChI=1S/C14H16N2O2/c1-16(10-6-8-11(17)9-7-10)14-15-12-4-2-3-5-13(12)18-14/h2-5,10H,6-9H2,1H3. The fourth-order valence-electron chi connectivity index (χ4n) is 2.48. The molecule has 0 saturated heterocycles. The fourth-order valence-corrected chi connectivity index (χ4v) is 2.48. The number of hydrogen-bond donors (Lipinski definition) is 0. The Morgan fingerprint density at radius 1 is 1.28 bits per heavy atom. The van der Waals surface area contributed by atoms with Crippen molar-refractivity contribution >= 4 is 22.9 Å². The molecule has 1 fully saturated rings. The van der Waals surface area contributed by atoms with Gasteiger partial charge >= 0.3 is 0 Å². The molecule has 0 aliphatic heterocycles. The number of carbonyl (C=O) groups excluding carboxylic acids is 1. The van der Waals surface area contributed by atoms with Gasteiger partial charge in [0.2, 0.25) is 0 Å². The van der Waals surface area contributed by atoms with Crippen molar-refractivity contribution in [3.63, 3.8) is 0 Å². The summed E-state index contributed by atoms with van der Waals surface area (Å²) in [5.74, 6) is 0.372. The molecule has 94 valence electrons. The van der Waals surface area contributed by atoms with Crippen molar-refractivity contribution in [2.75, 3.05) is 11.9 Å². The number of Topliss-reactive ketones (excluding diaryl/α,β-unsaturated/α-hetero) is 1. The van der Waals surface area contributed by atoms with Crippen molar-refractivity contribution in [1.82, 2.24) is 4.98 Å². The van der Waals surface area contributed by atoms with Gasteiger partial charge in [-0.15, -0.1) is 0 Å². The summed E-state index contributed by atoms with van der Waals surface area (Å²) in [6.45, 7) is 0. The highest BCUT2D eigenvalue weighted by molar-refractivity contribution is 5.79. The van der Waals surface area contributed by atoms with Crippen LogP contribution in [-0.4, -0.2) is 23.9 Å². The lowest BCUT2D eigenvalue weighted by Crippen LogP contribution is -2.35. The summed E-state index contributed by atoms with van der Waals surface area (Å²) in [5, 5.41) is 0. The van der Waals surface area contributed by atoms with Crippen molar-refractivity contribution < 1.29 is 9.21 Å². The molecule has 4 nitrogen and oxygen atoms in total. The van der Waals surface area contributed by atoms with E-state index in [4.69, 9.17) is 4.42 Å². The SMILES string of the molecule is CN(c1nc2ccccc2o1)C1CCC(=O)CC1. The maximum absolute atomic E-state index is 11.3. The highest BCUT2D eigenvalue weighted by atomic mass is 16.4. The Balaban J connectivity index is 1.83. The summed E-state index contributed by atoms with van der Waals surface area (Å²) in [6.07, 6.45) is 3.15. The van der Waals surface area contributed by atoms with Crippen molar-refractivity contribution in [3.8, 4) is 0 Å². The molecule has 1 aliphatic carbocycles. The quantitative estimate of drug-likeness (QED) is 0.815. The van der Waals surface area contributed by atoms with Crippen LogP contribution in [0.4, 0.5) is 6.01 Å². The van der Waals surface area contributed by atoms with Crippen LogP contribution in [-0.2, 0) is 4.79 Å². The molecular weight excluding hydrogens is 228 g/mol. The molecule has 0 bridgehead atoms. The van der Waals surface area contributed by atoms with E-state index in [0.717, 1.165) is 23.9 Å². The summed E-state index contributed by atoms with van der Waals surface area (Å²) in [4.78, 5) is 17.8. The monoisotopic (exact) mass is 244 g/mol. The number of anilines is 1. The lowest BCUT2D eigenvalue weighted by molar-refractivity contribution is -0.120. The predicted molar refractivity (Wildman–Crippen MR) is 69.7 cm³/mol. The van der Waals surface area contributed by atoms with Gasteiger partial charge in [-0.1, -0.05) is 12.1 Å². The van der Waals surface area contributed by atoms with Gasteiger partial charge in [-0.2, -0.15) is 4.98 Å². The van der Waals surface area contributed by atoms with Gasteiger partial charge in [0, 0.05) is 25.9 Å². The van der Waals surface area contributed by atoms with Crippen molar-refractivity contribution in [3.05, 3.63) is 24.3 Å². The molecule has 3 rings (SSSR count). The lowest BCUT2D eigenvalue weighted by Gasteiger charge is -2.29. The molecule has 1 aliphatic rings. The minimum absolute atomic E-state index is 0.357. The van der Waals surface area contributed by atoms with Crippen LogP contribution < -0.4 is 4.90 Å². The molecule has 0 spiro atoms. The van der Waals surface area contributed by atoms with Crippen LogP contribution in [0.3, 0.4) is 0 Å². The van der Waals surface area contributed by atoms with E-state index in [9.17, 15) is 4.79 Å². The Labute approximate surface area is 106 Å². The van der Waals surface area contributed by atoms with Gasteiger partial charge in [0.05, 0.1) is 0 Å². The molecule has 1 heterocycles. The third-order valence-corrected chi connectivity index (χ3v) is 3.64. The molecule has 0 amide bonds. The number of nitrogens with zero attached hydrogens (tertiary/aromatic N) is 2. The van der Waals surface area contributed by atoms with Gasteiger partial charge in [0.15, 0.2) is 5.58 Å². The molecule has 1 aromatic carbocycles. The number of carbonyl (C=O) groups is 1. The fraction of sp³-hybridized carbons (Fsp3) is 0.429. The number of benzene rings is 1. The minimum Gasteiger partial charge on any atom is -0.423 e. The van der Waals surface area contributed by atoms with Gasteiger partial charge in [0.1, 0.15) is 11.3 Å². The molecule has 0 radical (unpaired) electrons. The summed E-state index contributed by atoms with van der Waals surface area (Å²) in [5.41, 5.74) is 1.69. The van der Waals surface area contributed by atoms with E-state index in [1.54, 1.807) is 0 Å². The van der Waals surface area contributed by atoms with E-state index >= 15 is 0 Å². The van der Waals surface area contributed by atoms with Crippen LogP contribution in [0.2, 0.25) is 0 Å². The zero-order valence-corrected chi connectivity index (χ0v) is 10.4. The zero-order valence-electron chi connectivity index (χ0n) is 10.4. The average Bonchev–Trinajstić information content (AvgIpc) is 2.82. The van der Waals surface area contributed by atoms with E-state index < -0.39 is 0 Å². The predicted octanol–water partition coefficient (Wildman–Crippen LogP) is 2.78. The first-order chi connectivity index (χ1) is 8.74. The molecule has 2 aromatic rings. The number of oxazole rings is 1. The highest BCUT2D eigenvalue weighted by Gasteiger charge is 2.24. The third kappa shape index (κ3) is 1.98. The molecule has 0 atom stereocenters. The maximum Gasteiger partial charge on any atom is 0.298 e. The summed E-state index contributed by atoms with van der Waals surface area (Å²) in [6, 6.07) is 8.76. The van der Waals surface area contributed by atoms with Gasteiger partial charge in [-0.05, 0) is 25.0 Å². The van der Waals surface area contributed by atoms with Crippen LogP contribution >= 0.6 is 0 Å². The van der Waals surface area contributed by atoms with Gasteiger partial charge in [-0.3, -0.25) is 4.79 Å². The molecule has 0 unspecified atom stereocenters. The van der Waals surface area contributed by atoms with Crippen LogP contribution in [0.5, 0.6) is 0 Å². The smallest absolute Gasteiger partial charge is 0.298 e. The van der Waals surface area contributed by atoms with E-state index in [1.807, 2.05) is 31.3 Å². The van der Waals surface area contributed by atoms with E-state index in [-0.39, 0.29) is 0 Å². The Kier molecular flexibility index (Phi) is 2.78. The van der Waals surface area contributed by atoms with Crippen LogP contribution in [0, 0.1) is 0 Å². The first-order valence-corrected chi connectivity index (χ1v) is 6.34. The second-order valence-corrected chi connectivity index (χ2v) is 4.84. The Morgan fingerprint density at radius 3 is 2.72 bits per heavy atom. The third-order valence-electron chi connectivity index (χ3n) is 3.64. The number of ketones is 1. The normalized spacial score (nSPS) is 17.3. The number of para-hydroxylation sites is 2. The first-order valence-electron chi connectivity index (χ1n) is 6.34. The molecule has 1 aromatic heterocycles. The Morgan fingerprint density at radius 2 is 2.00 bits per heavy atom. The Hall–Kier alpha value is -1.84. The molecule has 4 heteroatoms. The molecule has 0 N–H and O–H groups in total. The van der Waals surface area contributed by atoms with Gasteiger partial charge in [0.25, 0.3) is 6.01 Å². The number of fused-ring (bicyclic) bond motifs is 1. The maximum atomic E-state index is 11.3. The summed E-state index contributed by atoms with van der Waals surface area (Å²) >= 11 is 0. The first kappa shape index (κ1) is 11.3. The van der Waals surface area contributed by atoms with Gasteiger partial charge in [-0.25, -0.2) is 0 Å². The Bertz CT molecular complexity index is 533. The molecular formula is C14H16N2O2. The lowest BCUT2D eigenvalue weighted by atomic mass is 9.94. The second kappa shape index (κ2) is 4.44. The second-order valence-electron chi connectivity index (χ2n) is 4.84. The van der Waals surface area contributed by atoms with Crippen molar-refractivity contribution in [2.24, 2.45) is 0 Å². The summed E-state index contributed by atoms with van der Waals surface area (Å²) < 4.78 is 5.74. The molecule has 18 heavy (non-hydrogen) atoms. The van der Waals surface area contributed by atoms with Gasteiger partial charge < -0.3 is 9.32 Å². The topological polar surface area (TPSA) is 46.3 Å². The zero-order chi connectivity index (χ0) is 12.5. The number of rotatable bonds is 2.